The second-order valence-electron chi connectivity index (χ2n) is 8.24. The van der Waals surface area contributed by atoms with Gasteiger partial charge in [0.2, 0.25) is 5.95 Å². The predicted octanol–water partition coefficient (Wildman–Crippen LogP) is 5.29. The molecule has 1 aromatic heterocycles. The summed E-state index contributed by atoms with van der Waals surface area (Å²) in [5, 5.41) is 0. The van der Waals surface area contributed by atoms with Crippen molar-refractivity contribution < 1.29 is 22.0 Å². The minimum absolute atomic E-state index is 0.0777. The van der Waals surface area contributed by atoms with Crippen LogP contribution in [-0.2, 0) is 10.8 Å². The Hall–Kier alpha value is -1.98. The van der Waals surface area contributed by atoms with Crippen LogP contribution in [0.1, 0.15) is 43.2 Å². The Morgan fingerprint density at radius 2 is 1.62 bits per heavy atom. The number of hydrogen-bond donors (Lipinski definition) is 0. The van der Waals surface area contributed by atoms with E-state index in [1.165, 1.54) is 12.3 Å². The van der Waals surface area contributed by atoms with Gasteiger partial charge in [-0.1, -0.05) is 12.1 Å². The lowest BCUT2D eigenvalue weighted by Crippen LogP contribution is -2.73. The lowest BCUT2D eigenvalue weighted by atomic mass is 9.31. The van der Waals surface area contributed by atoms with Crippen LogP contribution in [0, 0.1) is 23.0 Å². The quantitative estimate of drug-likeness (QED) is 0.530. The molecular formula is C20H16F5N. The van der Waals surface area contributed by atoms with E-state index in [0.29, 0.717) is 25.3 Å². The Balaban J connectivity index is 1.44. The number of alkyl halides is 2. The highest BCUT2D eigenvalue weighted by molar-refractivity contribution is 5.45. The van der Waals surface area contributed by atoms with E-state index in [1.807, 2.05) is 0 Å². The van der Waals surface area contributed by atoms with Crippen molar-refractivity contribution in [3.63, 3.8) is 0 Å². The van der Waals surface area contributed by atoms with E-state index >= 15 is 8.78 Å². The van der Waals surface area contributed by atoms with Gasteiger partial charge in [-0.15, -0.1) is 0 Å². The highest BCUT2D eigenvalue weighted by Crippen LogP contribution is 2.82. The molecule has 0 amide bonds. The van der Waals surface area contributed by atoms with Crippen LogP contribution in [0.3, 0.4) is 0 Å². The summed E-state index contributed by atoms with van der Waals surface area (Å²) < 4.78 is 71.4. The summed E-state index contributed by atoms with van der Waals surface area (Å²) in [7, 11) is 0. The van der Waals surface area contributed by atoms with E-state index < -0.39 is 34.3 Å². The Kier molecular flexibility index (Phi) is 2.90. The fourth-order valence-corrected chi connectivity index (χ4v) is 5.38. The standard InChI is InChI=1S/C20H16F5N/c21-13-2-3-14(15(22)7-13)19(5-6-19)20(24,25)18-9-17(10-18,11-18)12-1-4-16(23)26-8-12/h1-4,7-8H,5-6,9-11H2. The van der Waals surface area contributed by atoms with Crippen molar-refractivity contribution in [3.8, 4) is 0 Å². The first-order valence-electron chi connectivity index (χ1n) is 8.69. The summed E-state index contributed by atoms with van der Waals surface area (Å²) in [6.45, 7) is 0. The first-order valence-corrected chi connectivity index (χ1v) is 8.69. The number of rotatable bonds is 4. The second kappa shape index (κ2) is 4.65. The zero-order valence-electron chi connectivity index (χ0n) is 13.8. The summed E-state index contributed by atoms with van der Waals surface area (Å²) in [4.78, 5) is 3.63. The van der Waals surface area contributed by atoms with E-state index in [2.05, 4.69) is 4.98 Å². The van der Waals surface area contributed by atoms with E-state index in [4.69, 9.17) is 0 Å². The molecule has 1 heterocycles. The van der Waals surface area contributed by atoms with Gasteiger partial charge in [0.05, 0.1) is 5.41 Å². The van der Waals surface area contributed by atoms with Crippen molar-refractivity contribution in [3.05, 3.63) is 65.2 Å². The maximum atomic E-state index is 15.5. The Morgan fingerprint density at radius 1 is 0.923 bits per heavy atom. The van der Waals surface area contributed by atoms with Crippen molar-refractivity contribution in [2.24, 2.45) is 5.41 Å². The predicted molar refractivity (Wildman–Crippen MR) is 84.4 cm³/mol. The van der Waals surface area contributed by atoms with Crippen LogP contribution in [0.25, 0.3) is 0 Å². The maximum Gasteiger partial charge on any atom is 0.263 e. The monoisotopic (exact) mass is 365 g/mol. The number of hydrogen-bond acceptors (Lipinski definition) is 1. The molecule has 0 N–H and O–H groups in total. The molecule has 0 unspecified atom stereocenters. The van der Waals surface area contributed by atoms with Crippen LogP contribution < -0.4 is 0 Å². The van der Waals surface area contributed by atoms with Crippen molar-refractivity contribution in [1.29, 1.82) is 0 Å². The van der Waals surface area contributed by atoms with Gasteiger partial charge in [0.1, 0.15) is 11.6 Å². The molecule has 0 spiro atoms. The molecule has 0 saturated heterocycles. The Morgan fingerprint density at radius 3 is 2.15 bits per heavy atom. The van der Waals surface area contributed by atoms with Gasteiger partial charge in [-0.25, -0.2) is 22.5 Å². The van der Waals surface area contributed by atoms with Gasteiger partial charge in [0.25, 0.3) is 5.92 Å². The molecule has 1 aromatic carbocycles. The average Bonchev–Trinajstić information content (AvgIpc) is 3.28. The number of pyridine rings is 1. The van der Waals surface area contributed by atoms with Crippen molar-refractivity contribution in [2.45, 2.75) is 48.9 Å². The van der Waals surface area contributed by atoms with Crippen LogP contribution in [0.5, 0.6) is 0 Å². The topological polar surface area (TPSA) is 12.9 Å². The zero-order chi connectivity index (χ0) is 18.4. The fourth-order valence-electron chi connectivity index (χ4n) is 5.38. The van der Waals surface area contributed by atoms with Crippen LogP contribution in [-0.4, -0.2) is 10.9 Å². The summed E-state index contributed by atoms with van der Waals surface area (Å²) in [6, 6.07) is 5.74. The third-order valence-electron chi connectivity index (χ3n) is 6.83. The van der Waals surface area contributed by atoms with Crippen molar-refractivity contribution >= 4 is 0 Å². The largest absolute Gasteiger partial charge is 0.263 e. The SMILES string of the molecule is Fc1ccc(C2(C(F)(F)C34CC(c5ccc(F)nc5)(C3)C4)CC2)c(F)c1. The summed E-state index contributed by atoms with van der Waals surface area (Å²) in [6.07, 6.45) is 2.72. The van der Waals surface area contributed by atoms with E-state index in [9.17, 15) is 13.2 Å². The molecule has 0 aliphatic heterocycles. The molecule has 6 rings (SSSR count). The van der Waals surface area contributed by atoms with Crippen LogP contribution in [0.2, 0.25) is 0 Å². The molecule has 4 fully saturated rings. The highest BCUT2D eigenvalue weighted by atomic mass is 19.3. The molecule has 26 heavy (non-hydrogen) atoms. The lowest BCUT2D eigenvalue weighted by Gasteiger charge is -2.73. The Bertz CT molecular complexity index is 881. The average molecular weight is 365 g/mol. The molecule has 4 aliphatic rings. The van der Waals surface area contributed by atoms with Crippen LogP contribution in [0.15, 0.2) is 36.5 Å². The molecule has 4 aliphatic carbocycles. The molecular weight excluding hydrogens is 349 g/mol. The molecule has 0 radical (unpaired) electrons. The summed E-state index contributed by atoms with van der Waals surface area (Å²) in [5.41, 5.74) is -2.33. The lowest BCUT2D eigenvalue weighted by molar-refractivity contribution is -0.295. The van der Waals surface area contributed by atoms with Gasteiger partial charge in [0, 0.05) is 23.2 Å². The van der Waals surface area contributed by atoms with Gasteiger partial charge in [0.15, 0.2) is 0 Å². The first kappa shape index (κ1) is 16.2. The molecule has 1 nitrogen and oxygen atoms in total. The summed E-state index contributed by atoms with van der Waals surface area (Å²) >= 11 is 0. The van der Waals surface area contributed by atoms with Gasteiger partial charge in [-0.3, -0.25) is 0 Å². The number of halogens is 5. The third kappa shape index (κ3) is 1.78. The third-order valence-corrected chi connectivity index (χ3v) is 6.83. The van der Waals surface area contributed by atoms with Crippen LogP contribution in [0.4, 0.5) is 22.0 Å². The van der Waals surface area contributed by atoms with Crippen LogP contribution >= 0.6 is 0 Å². The maximum absolute atomic E-state index is 15.5. The number of benzene rings is 1. The molecule has 2 bridgehead atoms. The molecule has 0 atom stereocenters. The molecule has 136 valence electrons. The minimum atomic E-state index is -3.06. The highest BCUT2D eigenvalue weighted by Gasteiger charge is 2.83. The minimum Gasteiger partial charge on any atom is -0.228 e. The molecule has 6 heteroatoms. The zero-order valence-corrected chi connectivity index (χ0v) is 13.8. The van der Waals surface area contributed by atoms with E-state index in [-0.39, 0.29) is 23.8 Å². The van der Waals surface area contributed by atoms with E-state index in [1.54, 1.807) is 6.07 Å². The Labute approximate surface area is 147 Å². The van der Waals surface area contributed by atoms with Gasteiger partial charge in [-0.2, -0.15) is 4.39 Å². The molecule has 4 saturated carbocycles. The van der Waals surface area contributed by atoms with Crippen molar-refractivity contribution in [2.75, 3.05) is 0 Å². The first-order chi connectivity index (χ1) is 12.2. The number of aromatic nitrogens is 1. The smallest absolute Gasteiger partial charge is 0.228 e. The second-order valence-corrected chi connectivity index (χ2v) is 8.24. The molecule has 2 aromatic rings. The fraction of sp³-hybridized carbons (Fsp3) is 0.450. The number of nitrogens with zero attached hydrogens (tertiary/aromatic N) is 1. The normalized spacial score (nSPS) is 31.1. The van der Waals surface area contributed by atoms with Gasteiger partial charge >= 0.3 is 0 Å². The van der Waals surface area contributed by atoms with Gasteiger partial charge < -0.3 is 0 Å². The van der Waals surface area contributed by atoms with E-state index in [0.717, 1.165) is 17.7 Å². The van der Waals surface area contributed by atoms with Crippen molar-refractivity contribution in [1.82, 2.24) is 4.98 Å². The van der Waals surface area contributed by atoms with Gasteiger partial charge in [-0.05, 0) is 55.2 Å². The summed E-state index contributed by atoms with van der Waals surface area (Å²) in [5.74, 6) is -5.32.